The lowest BCUT2D eigenvalue weighted by Gasteiger charge is -2.12. The van der Waals surface area contributed by atoms with E-state index in [4.69, 9.17) is 14.2 Å². The minimum absolute atomic E-state index is 0.492. The third-order valence-electron chi connectivity index (χ3n) is 2.94. The molecule has 0 radical (unpaired) electrons. The number of rotatable bonds is 2. The predicted octanol–water partition coefficient (Wildman–Crippen LogP) is 1.31. The maximum absolute atomic E-state index is 5.58. The summed E-state index contributed by atoms with van der Waals surface area (Å²) in [5.74, 6) is 1.35. The number of hydrogen-bond acceptors (Lipinski definition) is 5. The van der Waals surface area contributed by atoms with Crippen LogP contribution in [0.2, 0.25) is 0 Å². The third kappa shape index (κ3) is 1.62. The number of nitrogens with zero attached hydrogens (tertiary/aromatic N) is 3. The Balaban J connectivity index is 2.21. The van der Waals surface area contributed by atoms with E-state index >= 15 is 0 Å². The van der Waals surface area contributed by atoms with Crippen molar-refractivity contribution < 1.29 is 14.2 Å². The zero-order valence-corrected chi connectivity index (χ0v) is 10.2. The molecule has 0 aliphatic carbocycles. The van der Waals surface area contributed by atoms with E-state index in [1.54, 1.807) is 25.1 Å². The van der Waals surface area contributed by atoms with Crippen LogP contribution in [-0.4, -0.2) is 29.2 Å². The highest BCUT2D eigenvalue weighted by Gasteiger charge is 2.19. The van der Waals surface area contributed by atoms with Gasteiger partial charge in [0.15, 0.2) is 11.5 Å². The van der Waals surface area contributed by atoms with Crippen molar-refractivity contribution in [2.75, 3.05) is 14.2 Å². The molecule has 3 rings (SSSR count). The summed E-state index contributed by atoms with van der Waals surface area (Å²) in [6.07, 6.45) is 1.70. The topological polar surface area (TPSA) is 58.4 Å². The second-order valence-corrected chi connectivity index (χ2v) is 3.97. The van der Waals surface area contributed by atoms with E-state index in [0.717, 1.165) is 16.9 Å². The van der Waals surface area contributed by atoms with Gasteiger partial charge in [-0.1, -0.05) is 5.21 Å². The van der Waals surface area contributed by atoms with Crippen molar-refractivity contribution in [3.63, 3.8) is 0 Å². The molecule has 2 heterocycles. The van der Waals surface area contributed by atoms with Gasteiger partial charge >= 0.3 is 0 Å². The fourth-order valence-corrected chi connectivity index (χ4v) is 2.05. The lowest BCUT2D eigenvalue weighted by molar-refractivity contribution is 0.107. The summed E-state index contributed by atoms with van der Waals surface area (Å²) in [5.41, 5.74) is 2.83. The molecule has 0 unspecified atom stereocenters. The van der Waals surface area contributed by atoms with Crippen molar-refractivity contribution in [1.29, 1.82) is 0 Å². The van der Waals surface area contributed by atoms with Crippen LogP contribution >= 0.6 is 0 Å². The van der Waals surface area contributed by atoms with Crippen molar-refractivity contribution in [2.45, 2.75) is 13.2 Å². The second-order valence-electron chi connectivity index (χ2n) is 3.97. The van der Waals surface area contributed by atoms with Gasteiger partial charge in [-0.25, -0.2) is 4.68 Å². The first-order chi connectivity index (χ1) is 8.83. The van der Waals surface area contributed by atoms with Gasteiger partial charge in [-0.05, 0) is 6.07 Å². The summed E-state index contributed by atoms with van der Waals surface area (Å²) < 4.78 is 17.9. The van der Waals surface area contributed by atoms with Gasteiger partial charge in [-0.15, -0.1) is 5.10 Å². The van der Waals surface area contributed by atoms with Crippen LogP contribution in [0.4, 0.5) is 0 Å². The van der Waals surface area contributed by atoms with Crippen molar-refractivity contribution >= 4 is 0 Å². The summed E-state index contributed by atoms with van der Waals surface area (Å²) in [5, 5.41) is 7.98. The summed E-state index contributed by atoms with van der Waals surface area (Å²) in [7, 11) is 3.22. The van der Waals surface area contributed by atoms with Gasteiger partial charge in [0.25, 0.3) is 0 Å². The van der Waals surface area contributed by atoms with Gasteiger partial charge in [-0.3, -0.25) is 0 Å². The van der Waals surface area contributed by atoms with Gasteiger partial charge in [-0.2, -0.15) is 0 Å². The Hall–Kier alpha value is -2.08. The molecule has 0 fully saturated rings. The van der Waals surface area contributed by atoms with Crippen molar-refractivity contribution in [3.8, 4) is 17.2 Å². The molecule has 0 atom stereocenters. The molecule has 1 aromatic heterocycles. The molecule has 1 aromatic carbocycles. The molecule has 0 N–H and O–H groups in total. The first-order valence-corrected chi connectivity index (χ1v) is 5.56. The molecule has 0 spiro atoms. The molecule has 1 aliphatic rings. The summed E-state index contributed by atoms with van der Waals surface area (Å²) in [6.45, 7) is 1.01. The van der Waals surface area contributed by atoms with Gasteiger partial charge in [0.2, 0.25) is 0 Å². The van der Waals surface area contributed by atoms with Gasteiger partial charge in [0, 0.05) is 11.6 Å². The molecule has 6 heteroatoms. The SMILES string of the molecule is COc1cc2c(cc1OC)-n1nncc1COC2. The Bertz CT molecular complexity index is 580. The number of aromatic nitrogens is 3. The largest absolute Gasteiger partial charge is 0.493 e. The molecule has 94 valence electrons. The minimum atomic E-state index is 0.492. The van der Waals surface area contributed by atoms with Crippen molar-refractivity contribution in [3.05, 3.63) is 29.6 Å². The average Bonchev–Trinajstić information content (AvgIpc) is 2.80. The maximum Gasteiger partial charge on any atom is 0.162 e. The summed E-state index contributed by atoms with van der Waals surface area (Å²) in [4.78, 5) is 0. The zero-order valence-electron chi connectivity index (χ0n) is 10.2. The van der Waals surface area contributed by atoms with Crippen LogP contribution in [0, 0.1) is 0 Å². The van der Waals surface area contributed by atoms with Crippen LogP contribution in [0.15, 0.2) is 18.3 Å². The molecule has 0 saturated heterocycles. The van der Waals surface area contributed by atoms with Gasteiger partial charge in [0.05, 0.1) is 45.0 Å². The number of benzene rings is 1. The predicted molar refractivity (Wildman–Crippen MR) is 63.0 cm³/mol. The normalized spacial score (nSPS) is 13.4. The Morgan fingerprint density at radius 3 is 2.72 bits per heavy atom. The monoisotopic (exact) mass is 247 g/mol. The van der Waals surface area contributed by atoms with Crippen molar-refractivity contribution in [2.24, 2.45) is 0 Å². The Kier molecular flexibility index (Phi) is 2.64. The van der Waals surface area contributed by atoms with Crippen LogP contribution in [0.1, 0.15) is 11.3 Å². The van der Waals surface area contributed by atoms with E-state index in [0.29, 0.717) is 24.7 Å². The van der Waals surface area contributed by atoms with E-state index < -0.39 is 0 Å². The molecule has 0 saturated carbocycles. The van der Waals surface area contributed by atoms with Gasteiger partial charge < -0.3 is 14.2 Å². The highest BCUT2D eigenvalue weighted by Crippen LogP contribution is 2.34. The van der Waals surface area contributed by atoms with Crippen LogP contribution in [0.25, 0.3) is 5.69 Å². The number of hydrogen-bond donors (Lipinski definition) is 0. The van der Waals surface area contributed by atoms with Crippen molar-refractivity contribution in [1.82, 2.24) is 15.0 Å². The average molecular weight is 247 g/mol. The van der Waals surface area contributed by atoms with Crippen LogP contribution < -0.4 is 9.47 Å². The highest BCUT2D eigenvalue weighted by molar-refractivity contribution is 5.54. The summed E-state index contributed by atoms with van der Waals surface area (Å²) >= 11 is 0. The lowest BCUT2D eigenvalue weighted by Crippen LogP contribution is -2.03. The van der Waals surface area contributed by atoms with Crippen LogP contribution in [0.3, 0.4) is 0 Å². The molecule has 6 nitrogen and oxygen atoms in total. The van der Waals surface area contributed by atoms with E-state index in [1.165, 1.54) is 0 Å². The van der Waals surface area contributed by atoms with E-state index in [9.17, 15) is 0 Å². The quantitative estimate of drug-likeness (QED) is 0.801. The molecular formula is C12H13N3O3. The zero-order chi connectivity index (χ0) is 12.5. The summed E-state index contributed by atoms with van der Waals surface area (Å²) in [6, 6.07) is 3.80. The fourth-order valence-electron chi connectivity index (χ4n) is 2.05. The molecule has 0 bridgehead atoms. The van der Waals surface area contributed by atoms with E-state index in [2.05, 4.69) is 10.3 Å². The number of methoxy groups -OCH3 is 2. The van der Waals surface area contributed by atoms with Gasteiger partial charge in [0.1, 0.15) is 0 Å². The maximum atomic E-state index is 5.58. The number of ether oxygens (including phenoxy) is 3. The Morgan fingerprint density at radius 2 is 1.94 bits per heavy atom. The number of fused-ring (bicyclic) bond motifs is 3. The third-order valence-corrected chi connectivity index (χ3v) is 2.94. The van der Waals surface area contributed by atoms with Crippen LogP contribution in [0.5, 0.6) is 11.5 Å². The first kappa shape index (κ1) is 11.0. The molecule has 2 aromatic rings. The highest BCUT2D eigenvalue weighted by atomic mass is 16.5. The minimum Gasteiger partial charge on any atom is -0.493 e. The second kappa shape index (κ2) is 4.30. The standard InChI is InChI=1S/C12H13N3O3/c1-16-11-3-8-6-18-7-9-5-13-14-15(9)10(8)4-12(11)17-2/h3-5H,6-7H2,1-2H3. The molecule has 1 aliphatic heterocycles. The first-order valence-electron chi connectivity index (χ1n) is 5.56. The molecule has 18 heavy (non-hydrogen) atoms. The van der Waals surface area contributed by atoms with Crippen LogP contribution in [-0.2, 0) is 18.0 Å². The smallest absolute Gasteiger partial charge is 0.162 e. The Labute approximate surface area is 104 Å². The lowest BCUT2D eigenvalue weighted by atomic mass is 10.1. The molecular weight excluding hydrogens is 234 g/mol. The fraction of sp³-hybridized carbons (Fsp3) is 0.333. The Morgan fingerprint density at radius 1 is 1.17 bits per heavy atom. The van der Waals surface area contributed by atoms with E-state index in [1.807, 2.05) is 12.1 Å². The molecule has 0 amide bonds. The van der Waals surface area contributed by atoms with E-state index in [-0.39, 0.29) is 0 Å².